The maximum Gasteiger partial charge on any atom is 0.389 e. The van der Waals surface area contributed by atoms with Crippen LogP contribution in [0.15, 0.2) is 0 Å². The molecule has 0 atom stereocenters. The topological polar surface area (TPSA) is 37.3 Å². The summed E-state index contributed by atoms with van der Waals surface area (Å²) in [4.78, 5) is 9.82. The first kappa shape index (κ1) is 31.5. The quantitative estimate of drug-likeness (QED) is 0.145. The smallest absolute Gasteiger partial charge is 0.389 e. The molecule has 0 amide bonds. The maximum atomic E-state index is 11.6. The second kappa shape index (κ2) is 22.1. The van der Waals surface area contributed by atoms with Gasteiger partial charge in [0.15, 0.2) is 0 Å². The van der Waals surface area contributed by atoms with Crippen molar-refractivity contribution < 1.29 is 36.2 Å². The van der Waals surface area contributed by atoms with Crippen molar-refractivity contribution in [2.75, 3.05) is 11.9 Å². The van der Waals surface area contributed by atoms with Gasteiger partial charge in [-0.15, -0.1) is 23.2 Å². The van der Waals surface area contributed by atoms with E-state index in [9.17, 15) is 31.1 Å². The summed E-state index contributed by atoms with van der Waals surface area (Å²) in [6.07, 6.45) is -2.82. The molecule has 0 aliphatic carbocycles. The summed E-state index contributed by atoms with van der Waals surface area (Å²) in [5.74, 6) is 0. The molecule has 0 aromatic rings. The number of halogens is 8. The molecule has 0 spiro atoms. The van der Waals surface area contributed by atoms with Gasteiger partial charge in [-0.3, -0.25) is 0 Å². The van der Waals surface area contributed by atoms with Crippen LogP contribution >= 0.6 is 23.2 Å². The predicted octanol–water partition coefficient (Wildman–Crippen LogP) is 7.39. The first-order chi connectivity index (χ1) is 12.5. The average molecular weight is 451 g/mol. The lowest BCUT2D eigenvalue weighted by Crippen LogP contribution is -2.06. The van der Waals surface area contributed by atoms with Crippen molar-refractivity contribution in [3.8, 4) is 0 Å². The summed E-state index contributed by atoms with van der Waals surface area (Å²) < 4.78 is 69.5. The van der Waals surface area contributed by atoms with E-state index < -0.39 is 25.2 Å². The summed E-state index contributed by atoms with van der Waals surface area (Å²) in [5, 5.41) is 8.57. The van der Waals surface area contributed by atoms with Crippen LogP contribution in [0.4, 0.5) is 26.3 Å². The molecule has 0 aromatic heterocycles. The summed E-state index contributed by atoms with van der Waals surface area (Å²) >= 11 is 9.53. The summed E-state index contributed by atoms with van der Waals surface area (Å²) in [5.41, 5.74) is 0. The van der Waals surface area contributed by atoms with Gasteiger partial charge in [-0.05, 0) is 25.7 Å². The van der Waals surface area contributed by atoms with Crippen molar-refractivity contribution in [1.29, 1.82) is 0 Å². The van der Waals surface area contributed by atoms with E-state index in [0.29, 0.717) is 32.1 Å². The molecule has 0 fully saturated rings. The van der Waals surface area contributed by atoms with Crippen LogP contribution in [-0.4, -0.2) is 35.7 Å². The molecule has 1 N–H and O–H groups in total. The van der Waals surface area contributed by atoms with Crippen molar-refractivity contribution in [3.05, 3.63) is 0 Å². The number of aliphatic hydroxyl groups excluding tert-OH is 1. The number of hydrogen-bond donors (Lipinski definition) is 1. The number of alkyl halides is 8. The number of hydrogen-bond acceptors (Lipinski definition) is 2. The Balaban J connectivity index is -0.000000372. The van der Waals surface area contributed by atoms with Gasteiger partial charge in [0, 0.05) is 25.9 Å². The molecule has 0 radical (unpaired) electrons. The fraction of sp³-hybridized carbons (Fsp3) is 0.941. The Labute approximate surface area is 167 Å². The van der Waals surface area contributed by atoms with Gasteiger partial charge >= 0.3 is 12.4 Å². The monoisotopic (exact) mass is 450 g/mol. The zero-order chi connectivity index (χ0) is 21.6. The molecular formula is C17H30Cl2F6O2. The highest BCUT2D eigenvalue weighted by Gasteiger charge is 2.26. The van der Waals surface area contributed by atoms with Crippen LogP contribution in [-0.2, 0) is 4.79 Å². The lowest BCUT2D eigenvalue weighted by molar-refractivity contribution is -0.136. The lowest BCUT2D eigenvalue weighted by atomic mass is 10.1. The van der Waals surface area contributed by atoms with E-state index in [1.807, 2.05) is 0 Å². The van der Waals surface area contributed by atoms with Crippen LogP contribution in [0.2, 0.25) is 0 Å². The van der Waals surface area contributed by atoms with Crippen LogP contribution in [0.3, 0.4) is 0 Å². The van der Waals surface area contributed by atoms with Gasteiger partial charge in [-0.2, -0.15) is 26.3 Å². The first-order valence-electron chi connectivity index (χ1n) is 8.84. The zero-order valence-electron chi connectivity index (χ0n) is 15.4. The minimum absolute atomic E-state index is 0.138. The molecule has 27 heavy (non-hydrogen) atoms. The molecule has 0 bridgehead atoms. The minimum atomic E-state index is -4.02. The highest BCUT2D eigenvalue weighted by Crippen LogP contribution is 2.23. The Morgan fingerprint density at radius 3 is 1.33 bits per heavy atom. The van der Waals surface area contributed by atoms with E-state index >= 15 is 0 Å². The van der Waals surface area contributed by atoms with E-state index in [2.05, 4.69) is 0 Å². The second-order valence-corrected chi connectivity index (χ2v) is 6.50. The minimum Gasteiger partial charge on any atom is -0.396 e. The molecule has 166 valence electrons. The first-order valence-corrected chi connectivity index (χ1v) is 9.90. The number of unbranched alkanes of at least 4 members (excludes halogenated alkanes) is 8. The molecule has 0 rings (SSSR count). The molecular weight excluding hydrogens is 421 g/mol. The third-order valence-electron chi connectivity index (χ3n) is 3.15. The van der Waals surface area contributed by atoms with Crippen LogP contribution in [0, 0.1) is 0 Å². The normalized spacial score (nSPS) is 11.1. The van der Waals surface area contributed by atoms with Gasteiger partial charge in [0.2, 0.25) is 0 Å². The van der Waals surface area contributed by atoms with Gasteiger partial charge in [-0.25, -0.2) is 0 Å². The molecule has 2 nitrogen and oxygen atoms in total. The van der Waals surface area contributed by atoms with Crippen LogP contribution in [0.25, 0.3) is 0 Å². The van der Waals surface area contributed by atoms with E-state index in [1.165, 1.54) is 0 Å². The Hall–Kier alpha value is -0.210. The lowest BCUT2D eigenvalue weighted by Gasteiger charge is -2.04. The van der Waals surface area contributed by atoms with E-state index in [-0.39, 0.29) is 24.8 Å². The van der Waals surface area contributed by atoms with Crippen LogP contribution < -0.4 is 0 Å². The van der Waals surface area contributed by atoms with E-state index in [0.717, 1.165) is 25.5 Å². The number of aldehydes is 1. The van der Waals surface area contributed by atoms with Crippen molar-refractivity contribution in [2.45, 2.75) is 89.4 Å². The van der Waals surface area contributed by atoms with E-state index in [4.69, 9.17) is 28.3 Å². The average Bonchev–Trinajstić information content (AvgIpc) is 2.53. The van der Waals surface area contributed by atoms with Gasteiger partial charge in [-0.1, -0.05) is 32.1 Å². The number of aliphatic hydroxyl groups is 1. The molecule has 0 unspecified atom stereocenters. The highest BCUT2D eigenvalue weighted by atomic mass is 35.5. The second-order valence-electron chi connectivity index (χ2n) is 5.69. The van der Waals surface area contributed by atoms with Crippen molar-refractivity contribution in [2.24, 2.45) is 0 Å². The number of rotatable bonds is 12. The van der Waals surface area contributed by atoms with Crippen molar-refractivity contribution in [1.82, 2.24) is 0 Å². The van der Waals surface area contributed by atoms with Gasteiger partial charge in [0.1, 0.15) is 6.29 Å². The molecule has 0 aliphatic heterocycles. The van der Waals surface area contributed by atoms with Crippen molar-refractivity contribution in [3.63, 3.8) is 0 Å². The summed E-state index contributed by atoms with van der Waals surface area (Å²) in [6, 6.07) is 0. The Morgan fingerprint density at radius 1 is 0.667 bits per heavy atom. The molecule has 0 aliphatic rings. The molecule has 0 aromatic carbocycles. The SMILES string of the molecule is ClCCl.O=CCCCCCCC(F)(F)F.OCCCCCCCC(F)(F)F. The fourth-order valence-corrected chi connectivity index (χ4v) is 1.87. The van der Waals surface area contributed by atoms with E-state index in [1.54, 1.807) is 0 Å². The van der Waals surface area contributed by atoms with Crippen LogP contribution in [0.5, 0.6) is 0 Å². The number of carbonyl (C=O) groups is 1. The number of carbonyl (C=O) groups excluding carboxylic acids is 1. The zero-order valence-corrected chi connectivity index (χ0v) is 16.9. The Kier molecular flexibility index (Phi) is 25.8. The van der Waals surface area contributed by atoms with Gasteiger partial charge in [0.25, 0.3) is 0 Å². The van der Waals surface area contributed by atoms with Crippen molar-refractivity contribution >= 4 is 29.5 Å². The molecule has 0 heterocycles. The fourth-order valence-electron chi connectivity index (χ4n) is 1.87. The molecule has 0 saturated carbocycles. The third kappa shape index (κ3) is 46.1. The Bertz CT molecular complexity index is 300. The molecule has 10 heteroatoms. The highest BCUT2D eigenvalue weighted by molar-refractivity contribution is 6.40. The van der Waals surface area contributed by atoms with Gasteiger partial charge < -0.3 is 9.90 Å². The van der Waals surface area contributed by atoms with Crippen LogP contribution in [0.1, 0.15) is 77.0 Å². The third-order valence-corrected chi connectivity index (χ3v) is 3.15. The summed E-state index contributed by atoms with van der Waals surface area (Å²) in [6.45, 7) is 0.138. The summed E-state index contributed by atoms with van der Waals surface area (Å²) in [7, 11) is 0. The predicted molar refractivity (Wildman–Crippen MR) is 97.2 cm³/mol. The standard InChI is InChI=1S/C8H15F3O.C8H13F3O.CH2Cl2/c2*9-8(10,11)6-4-2-1-3-5-7-12;2-1-3/h12H,1-7H2;7H,1-6H2;1H2. The largest absolute Gasteiger partial charge is 0.396 e. The molecule has 0 saturated heterocycles. The maximum absolute atomic E-state index is 11.6. The Morgan fingerprint density at radius 2 is 1.00 bits per heavy atom. The van der Waals surface area contributed by atoms with Gasteiger partial charge in [0.05, 0.1) is 5.34 Å².